The van der Waals surface area contributed by atoms with Crippen LogP contribution in [0.5, 0.6) is 0 Å². The number of esters is 1. The molecular weight excluding hydrogens is 536 g/mol. The second-order valence-corrected chi connectivity index (χ2v) is 15.0. The Bertz CT molecular complexity index is 1210. The molecule has 0 aromatic carbocycles. The molecule has 42 heavy (non-hydrogen) atoms. The molecule has 0 amide bonds. The predicted molar refractivity (Wildman–Crippen MR) is 157 cm³/mol. The van der Waals surface area contributed by atoms with E-state index in [-0.39, 0.29) is 57.9 Å². The van der Waals surface area contributed by atoms with Gasteiger partial charge in [0, 0.05) is 22.8 Å². The van der Waals surface area contributed by atoms with Crippen LogP contribution in [0.3, 0.4) is 0 Å². The van der Waals surface area contributed by atoms with Gasteiger partial charge in [-0.3, -0.25) is 19.2 Å². The molecule has 0 aromatic heterocycles. The number of ketones is 1. The zero-order chi connectivity index (χ0) is 31.6. The van der Waals surface area contributed by atoms with E-state index in [2.05, 4.69) is 48.1 Å². The zero-order valence-corrected chi connectivity index (χ0v) is 26.4. The third kappa shape index (κ3) is 4.86. The summed E-state index contributed by atoms with van der Waals surface area (Å²) in [5, 5.41) is 30.4. The molecule has 4 aliphatic carbocycles. The zero-order valence-electron chi connectivity index (χ0n) is 26.4. The van der Waals surface area contributed by atoms with Gasteiger partial charge in [-0.2, -0.15) is 0 Å². The maximum atomic E-state index is 13.0. The van der Waals surface area contributed by atoms with Crippen LogP contribution in [-0.4, -0.2) is 51.2 Å². The molecule has 0 unspecified atom stereocenters. The molecule has 0 heterocycles. The minimum atomic E-state index is -1.19. The third-order valence-electron chi connectivity index (χ3n) is 12.8. The van der Waals surface area contributed by atoms with Crippen LogP contribution < -0.4 is 0 Å². The van der Waals surface area contributed by atoms with Crippen LogP contribution in [0.25, 0.3) is 0 Å². The number of carbonyl (C=O) groups excluding carboxylic acids is 2. The van der Waals surface area contributed by atoms with Crippen molar-refractivity contribution >= 4 is 23.7 Å². The van der Waals surface area contributed by atoms with Crippen molar-refractivity contribution in [3.63, 3.8) is 0 Å². The SMILES string of the molecule is C=C(C(=O)C[C@@H](C)[C@H]1CC[C@@]2(C)C3=C(C[C@@H](O)[C@]12C)[C@@]1(C)CC[C@@H](OC(=O)CC(=O)O)C(C)(C)[C@@H]1CC3)[C@H](C)C(=O)O. The van der Waals surface area contributed by atoms with Crippen LogP contribution in [-0.2, 0) is 23.9 Å². The summed E-state index contributed by atoms with van der Waals surface area (Å²) in [6.45, 7) is 18.4. The van der Waals surface area contributed by atoms with Gasteiger partial charge >= 0.3 is 17.9 Å². The summed E-state index contributed by atoms with van der Waals surface area (Å²) in [6.07, 6.45) is 4.33. The van der Waals surface area contributed by atoms with Gasteiger partial charge in [-0.05, 0) is 80.5 Å². The summed E-state index contributed by atoms with van der Waals surface area (Å²) in [5.41, 5.74) is 1.77. The van der Waals surface area contributed by atoms with E-state index in [9.17, 15) is 29.4 Å². The number of rotatable bonds is 9. The van der Waals surface area contributed by atoms with Crippen molar-refractivity contribution < 1.29 is 39.2 Å². The highest BCUT2D eigenvalue weighted by Crippen LogP contribution is 2.72. The van der Waals surface area contributed by atoms with Gasteiger partial charge in [-0.25, -0.2) is 0 Å². The largest absolute Gasteiger partial charge is 0.481 e. The van der Waals surface area contributed by atoms with Crippen molar-refractivity contribution in [2.24, 2.45) is 45.3 Å². The molecule has 234 valence electrons. The van der Waals surface area contributed by atoms with E-state index >= 15 is 0 Å². The first-order chi connectivity index (χ1) is 19.3. The number of aliphatic hydroxyl groups excluding tert-OH is 1. The summed E-state index contributed by atoms with van der Waals surface area (Å²) < 4.78 is 5.74. The van der Waals surface area contributed by atoms with E-state index in [1.165, 1.54) is 18.1 Å². The molecule has 2 fully saturated rings. The van der Waals surface area contributed by atoms with Gasteiger partial charge in [0.1, 0.15) is 12.5 Å². The first-order valence-electron chi connectivity index (χ1n) is 15.6. The van der Waals surface area contributed by atoms with E-state index in [4.69, 9.17) is 9.84 Å². The van der Waals surface area contributed by atoms with E-state index in [0.29, 0.717) is 12.8 Å². The number of aliphatic hydroxyl groups is 1. The van der Waals surface area contributed by atoms with Crippen molar-refractivity contribution in [1.29, 1.82) is 0 Å². The molecule has 0 radical (unpaired) electrons. The molecule has 0 bridgehead atoms. The molecule has 9 atom stereocenters. The Morgan fingerprint density at radius 2 is 1.62 bits per heavy atom. The molecule has 3 N–H and O–H groups in total. The van der Waals surface area contributed by atoms with Crippen molar-refractivity contribution in [1.82, 2.24) is 0 Å². The molecular formula is C34H50O8. The summed E-state index contributed by atoms with van der Waals surface area (Å²) in [4.78, 5) is 47.8. The lowest BCUT2D eigenvalue weighted by molar-refractivity contribution is -0.173. The maximum Gasteiger partial charge on any atom is 0.317 e. The highest BCUT2D eigenvalue weighted by molar-refractivity contribution is 5.99. The van der Waals surface area contributed by atoms with Crippen molar-refractivity contribution in [2.75, 3.05) is 0 Å². The average Bonchev–Trinajstić information content (AvgIpc) is 3.17. The Morgan fingerprint density at radius 3 is 2.21 bits per heavy atom. The first kappa shape index (κ1) is 32.4. The normalized spacial score (nSPS) is 38.4. The molecule has 8 heteroatoms. The van der Waals surface area contributed by atoms with Crippen molar-refractivity contribution in [3.05, 3.63) is 23.3 Å². The molecule has 0 aliphatic heterocycles. The fourth-order valence-corrected chi connectivity index (χ4v) is 10.1. The minimum absolute atomic E-state index is 0.0272. The number of aliphatic carboxylic acids is 2. The highest BCUT2D eigenvalue weighted by Gasteiger charge is 2.66. The number of carboxylic acid groups (broad SMARTS) is 2. The second kappa shape index (κ2) is 10.9. The number of allylic oxidation sites excluding steroid dienone is 1. The molecule has 0 spiro atoms. The van der Waals surface area contributed by atoms with Crippen LogP contribution in [0.2, 0.25) is 0 Å². The molecule has 4 aliphatic rings. The average molecular weight is 587 g/mol. The van der Waals surface area contributed by atoms with Crippen LogP contribution >= 0.6 is 0 Å². The van der Waals surface area contributed by atoms with Crippen molar-refractivity contribution in [2.45, 2.75) is 118 Å². The van der Waals surface area contributed by atoms with Gasteiger partial charge in [0.2, 0.25) is 0 Å². The van der Waals surface area contributed by atoms with E-state index < -0.39 is 41.8 Å². The molecule has 4 rings (SSSR count). The topological polar surface area (TPSA) is 138 Å². The Labute approximate surface area is 250 Å². The van der Waals surface area contributed by atoms with Gasteiger partial charge in [0.05, 0.1) is 12.0 Å². The van der Waals surface area contributed by atoms with Crippen LogP contribution in [0, 0.1) is 45.3 Å². The molecule has 8 nitrogen and oxygen atoms in total. The quantitative estimate of drug-likeness (QED) is 0.130. The highest BCUT2D eigenvalue weighted by atomic mass is 16.5. The number of fused-ring (bicyclic) bond motifs is 4. The van der Waals surface area contributed by atoms with Gasteiger partial charge in [-0.1, -0.05) is 59.3 Å². The fourth-order valence-electron chi connectivity index (χ4n) is 10.1. The lowest BCUT2D eigenvalue weighted by Gasteiger charge is -2.63. The van der Waals surface area contributed by atoms with Crippen LogP contribution in [0.1, 0.15) is 106 Å². The van der Waals surface area contributed by atoms with E-state index in [0.717, 1.165) is 32.1 Å². The lowest BCUT2D eigenvalue weighted by Crippen LogP contribution is -2.58. The predicted octanol–water partition coefficient (Wildman–Crippen LogP) is 5.97. The standard InChI is InChI=1S/C34H50O8/c1-18(15-24(35)19(2)20(3)30(40)41)21-11-14-33(7)22-9-10-25-31(4,5)27(42-29(39)17-28(37)38)12-13-32(25,6)23(22)16-26(36)34(21,33)8/h18,20-21,25-27,36H,2,9-17H2,1,3-8H3,(H,37,38)(H,40,41)/t18-,20+,21-,25+,26-,27-,32-,33+,34+/m1/s1. The third-order valence-corrected chi connectivity index (χ3v) is 12.8. The Morgan fingerprint density at radius 1 is 0.976 bits per heavy atom. The minimum Gasteiger partial charge on any atom is -0.481 e. The summed E-state index contributed by atoms with van der Waals surface area (Å²) >= 11 is 0. The molecule has 0 aromatic rings. The van der Waals surface area contributed by atoms with E-state index in [1.54, 1.807) is 0 Å². The number of ether oxygens (including phenoxy) is 1. The van der Waals surface area contributed by atoms with Crippen molar-refractivity contribution in [3.8, 4) is 0 Å². The summed E-state index contributed by atoms with van der Waals surface area (Å²) in [5.74, 6) is -3.77. The van der Waals surface area contributed by atoms with Gasteiger partial charge in [0.25, 0.3) is 0 Å². The smallest absolute Gasteiger partial charge is 0.317 e. The molecule has 0 saturated heterocycles. The van der Waals surface area contributed by atoms with Crippen LogP contribution in [0.4, 0.5) is 0 Å². The Hall–Kier alpha value is -2.48. The monoisotopic (exact) mass is 586 g/mol. The Balaban J connectivity index is 1.61. The van der Waals surface area contributed by atoms with E-state index in [1.807, 2.05) is 0 Å². The Kier molecular flexibility index (Phi) is 8.42. The number of carbonyl (C=O) groups is 4. The number of hydrogen-bond acceptors (Lipinski definition) is 6. The second-order valence-electron chi connectivity index (χ2n) is 15.0. The summed E-state index contributed by atoms with van der Waals surface area (Å²) in [6, 6.07) is 0. The maximum absolute atomic E-state index is 13.0. The number of Topliss-reactive ketones (excluding diaryl/α,β-unsaturated/α-hetero) is 1. The van der Waals surface area contributed by atoms with Crippen LogP contribution in [0.15, 0.2) is 23.3 Å². The summed E-state index contributed by atoms with van der Waals surface area (Å²) in [7, 11) is 0. The van der Waals surface area contributed by atoms with Gasteiger partial charge < -0.3 is 20.1 Å². The fraction of sp³-hybridized carbons (Fsp3) is 0.765. The number of carboxylic acids is 2. The first-order valence-corrected chi connectivity index (χ1v) is 15.6. The molecule has 2 saturated carbocycles. The number of hydrogen-bond donors (Lipinski definition) is 3. The lowest BCUT2D eigenvalue weighted by atomic mass is 9.42. The van der Waals surface area contributed by atoms with Gasteiger partial charge in [0.15, 0.2) is 5.78 Å². The van der Waals surface area contributed by atoms with Gasteiger partial charge in [-0.15, -0.1) is 0 Å².